The average molecular weight is 367 g/mol. The largest absolute Gasteiger partial charge is 0.373 e. The summed E-state index contributed by atoms with van der Waals surface area (Å²) >= 11 is 0. The minimum absolute atomic E-state index is 0.195. The molecule has 3 atom stereocenters. The first-order valence-electron chi connectivity index (χ1n) is 9.16. The molecule has 2 aliphatic heterocycles. The fourth-order valence-corrected chi connectivity index (χ4v) is 3.75. The highest BCUT2D eigenvalue weighted by molar-refractivity contribution is 5.82. The summed E-state index contributed by atoms with van der Waals surface area (Å²) in [6, 6.07) is 7.11. The van der Waals surface area contributed by atoms with Crippen molar-refractivity contribution in [3.63, 3.8) is 0 Å². The van der Waals surface area contributed by atoms with Crippen molar-refractivity contribution in [1.29, 1.82) is 0 Å². The molecule has 3 unspecified atom stereocenters. The summed E-state index contributed by atoms with van der Waals surface area (Å²) in [6.07, 6.45) is -0.0502. The Morgan fingerprint density at radius 3 is 2.54 bits per heavy atom. The Bertz CT molecular complexity index is 631. The summed E-state index contributed by atoms with van der Waals surface area (Å²) in [5.74, 6) is -3.17. The monoisotopic (exact) mass is 367 g/mol. The van der Waals surface area contributed by atoms with Crippen molar-refractivity contribution >= 4 is 5.91 Å². The molecule has 0 aliphatic carbocycles. The summed E-state index contributed by atoms with van der Waals surface area (Å²) in [5.41, 5.74) is 2.15. The lowest BCUT2D eigenvalue weighted by Gasteiger charge is -2.35. The number of carbonyl (C=O) groups excluding carboxylic acids is 1. The molecule has 0 bridgehead atoms. The maximum Gasteiger partial charge on any atom is 0.262 e. The zero-order valence-corrected chi connectivity index (χ0v) is 15.3. The van der Waals surface area contributed by atoms with Gasteiger partial charge in [-0.2, -0.15) is 0 Å². The number of rotatable bonds is 5. The molecule has 1 amide bonds. The number of hydrogen-bond donors (Lipinski definition) is 2. The Morgan fingerprint density at radius 2 is 1.92 bits per heavy atom. The third kappa shape index (κ3) is 4.99. The van der Waals surface area contributed by atoms with Crippen LogP contribution in [0.1, 0.15) is 31.4 Å². The SMILES string of the molecule is CC1CN(Cc2ccccc2CNC(=O)C2CC(F)(F)CN2)CC(C)O1. The number of amides is 1. The third-order valence-corrected chi connectivity index (χ3v) is 4.89. The Hall–Kier alpha value is -1.57. The van der Waals surface area contributed by atoms with Crippen LogP contribution in [0.2, 0.25) is 0 Å². The highest BCUT2D eigenvalue weighted by Crippen LogP contribution is 2.25. The van der Waals surface area contributed by atoms with E-state index in [4.69, 9.17) is 4.74 Å². The van der Waals surface area contributed by atoms with Crippen LogP contribution >= 0.6 is 0 Å². The number of nitrogens with one attached hydrogen (secondary N) is 2. The summed E-state index contributed by atoms with van der Waals surface area (Å²) in [7, 11) is 0. The van der Waals surface area contributed by atoms with E-state index >= 15 is 0 Å². The van der Waals surface area contributed by atoms with Crippen molar-refractivity contribution in [2.45, 2.75) is 57.5 Å². The van der Waals surface area contributed by atoms with E-state index in [0.717, 1.165) is 30.8 Å². The number of ether oxygens (including phenoxy) is 1. The van der Waals surface area contributed by atoms with Crippen LogP contribution in [0.3, 0.4) is 0 Å². The fourth-order valence-electron chi connectivity index (χ4n) is 3.75. The van der Waals surface area contributed by atoms with Crippen LogP contribution in [0.5, 0.6) is 0 Å². The molecule has 144 valence electrons. The van der Waals surface area contributed by atoms with E-state index in [0.29, 0.717) is 6.54 Å². The van der Waals surface area contributed by atoms with Gasteiger partial charge in [-0.15, -0.1) is 0 Å². The van der Waals surface area contributed by atoms with Gasteiger partial charge in [0.1, 0.15) is 0 Å². The zero-order valence-electron chi connectivity index (χ0n) is 15.3. The van der Waals surface area contributed by atoms with E-state index in [2.05, 4.69) is 29.4 Å². The second kappa shape index (κ2) is 7.98. The minimum Gasteiger partial charge on any atom is -0.373 e. The standard InChI is InChI=1S/C19H27F2N3O2/c1-13-9-24(10-14(2)26-13)11-16-6-4-3-5-15(16)8-22-18(25)17-7-19(20,21)12-23-17/h3-6,13-14,17,23H,7-12H2,1-2H3,(H,22,25). The van der Waals surface area contributed by atoms with Gasteiger partial charge in [-0.1, -0.05) is 24.3 Å². The average Bonchev–Trinajstić information content (AvgIpc) is 2.93. The number of hydrogen-bond acceptors (Lipinski definition) is 4. The topological polar surface area (TPSA) is 53.6 Å². The van der Waals surface area contributed by atoms with E-state index < -0.39 is 24.9 Å². The number of morpholine rings is 1. The minimum atomic E-state index is -2.80. The Balaban J connectivity index is 1.58. The molecule has 0 aromatic heterocycles. The maximum atomic E-state index is 13.2. The molecule has 1 aromatic carbocycles. The molecule has 1 aromatic rings. The van der Waals surface area contributed by atoms with E-state index in [9.17, 15) is 13.6 Å². The van der Waals surface area contributed by atoms with Crippen LogP contribution in [-0.2, 0) is 22.6 Å². The van der Waals surface area contributed by atoms with Gasteiger partial charge in [0.15, 0.2) is 0 Å². The summed E-state index contributed by atoms with van der Waals surface area (Å²) in [4.78, 5) is 14.5. The van der Waals surface area contributed by atoms with Crippen molar-refractivity contribution in [1.82, 2.24) is 15.5 Å². The Labute approximate surface area is 153 Å². The maximum absolute atomic E-state index is 13.2. The lowest BCUT2D eigenvalue weighted by molar-refractivity contribution is -0.123. The zero-order chi connectivity index (χ0) is 18.7. The van der Waals surface area contributed by atoms with E-state index in [1.165, 1.54) is 0 Å². The molecular weight excluding hydrogens is 340 g/mol. The molecule has 7 heteroatoms. The summed E-state index contributed by atoms with van der Waals surface area (Å²) in [6.45, 7) is 6.56. The van der Waals surface area contributed by atoms with Gasteiger partial charge in [-0.25, -0.2) is 8.78 Å². The van der Waals surface area contributed by atoms with Crippen molar-refractivity contribution in [2.24, 2.45) is 0 Å². The smallest absolute Gasteiger partial charge is 0.262 e. The molecule has 2 N–H and O–H groups in total. The van der Waals surface area contributed by atoms with Gasteiger partial charge >= 0.3 is 0 Å². The van der Waals surface area contributed by atoms with Gasteiger partial charge in [-0.3, -0.25) is 15.0 Å². The first-order chi connectivity index (χ1) is 12.3. The van der Waals surface area contributed by atoms with E-state index in [-0.39, 0.29) is 18.1 Å². The number of benzene rings is 1. The Morgan fingerprint density at radius 1 is 1.27 bits per heavy atom. The predicted molar refractivity (Wildman–Crippen MR) is 94.9 cm³/mol. The highest BCUT2D eigenvalue weighted by Gasteiger charge is 2.42. The molecule has 0 saturated carbocycles. The normalized spacial score (nSPS) is 28.8. The van der Waals surface area contributed by atoms with Gasteiger partial charge in [0.25, 0.3) is 5.92 Å². The van der Waals surface area contributed by atoms with Crippen LogP contribution in [0, 0.1) is 0 Å². The van der Waals surface area contributed by atoms with Crippen molar-refractivity contribution in [3.8, 4) is 0 Å². The molecule has 5 nitrogen and oxygen atoms in total. The Kier molecular flexibility index (Phi) is 5.89. The van der Waals surface area contributed by atoms with Crippen molar-refractivity contribution in [3.05, 3.63) is 35.4 Å². The predicted octanol–water partition coefficient (Wildman–Crippen LogP) is 1.91. The number of halogens is 2. The first-order valence-corrected chi connectivity index (χ1v) is 9.16. The van der Waals surface area contributed by atoms with Gasteiger partial charge in [0, 0.05) is 32.6 Å². The van der Waals surface area contributed by atoms with Gasteiger partial charge < -0.3 is 10.1 Å². The molecule has 2 aliphatic rings. The lowest BCUT2D eigenvalue weighted by atomic mass is 10.1. The van der Waals surface area contributed by atoms with Gasteiger partial charge in [-0.05, 0) is 25.0 Å². The second-order valence-corrected chi connectivity index (χ2v) is 7.43. The summed E-state index contributed by atoms with van der Waals surface area (Å²) in [5, 5.41) is 5.38. The highest BCUT2D eigenvalue weighted by atomic mass is 19.3. The quantitative estimate of drug-likeness (QED) is 0.835. The lowest BCUT2D eigenvalue weighted by Crippen LogP contribution is -2.45. The van der Waals surface area contributed by atoms with E-state index in [1.54, 1.807) is 0 Å². The molecule has 2 saturated heterocycles. The van der Waals surface area contributed by atoms with Gasteiger partial charge in [0.05, 0.1) is 24.8 Å². The van der Waals surface area contributed by atoms with Crippen LogP contribution < -0.4 is 10.6 Å². The molecule has 3 rings (SSSR count). The number of carbonyl (C=O) groups is 1. The van der Waals surface area contributed by atoms with Crippen LogP contribution in [-0.4, -0.2) is 54.6 Å². The van der Waals surface area contributed by atoms with Crippen molar-refractivity contribution < 1.29 is 18.3 Å². The molecule has 0 spiro atoms. The first kappa shape index (κ1) is 19.2. The van der Waals surface area contributed by atoms with Crippen LogP contribution in [0.4, 0.5) is 8.78 Å². The molecule has 26 heavy (non-hydrogen) atoms. The van der Waals surface area contributed by atoms with Crippen LogP contribution in [0.25, 0.3) is 0 Å². The fraction of sp³-hybridized carbons (Fsp3) is 0.632. The van der Waals surface area contributed by atoms with E-state index in [1.807, 2.05) is 24.3 Å². The number of nitrogens with zero attached hydrogens (tertiary/aromatic N) is 1. The molecular formula is C19H27F2N3O2. The molecule has 2 heterocycles. The molecule has 2 fully saturated rings. The van der Waals surface area contributed by atoms with Crippen molar-refractivity contribution in [2.75, 3.05) is 19.6 Å². The number of alkyl halides is 2. The second-order valence-electron chi connectivity index (χ2n) is 7.43. The third-order valence-electron chi connectivity index (χ3n) is 4.89. The summed E-state index contributed by atoms with van der Waals surface area (Å²) < 4.78 is 32.3. The van der Waals surface area contributed by atoms with Gasteiger partial charge in [0.2, 0.25) is 5.91 Å². The molecule has 0 radical (unpaired) electrons. The van der Waals surface area contributed by atoms with Crippen LogP contribution in [0.15, 0.2) is 24.3 Å².